The summed E-state index contributed by atoms with van der Waals surface area (Å²) in [6, 6.07) is 0. The van der Waals surface area contributed by atoms with Crippen LogP contribution in [0.15, 0.2) is 18.7 Å². The molecule has 1 amide bonds. The number of carbonyl (C=O) groups is 1. The molecule has 3 N–H and O–H groups in total. The van der Waals surface area contributed by atoms with Crippen LogP contribution >= 0.6 is 0 Å². The summed E-state index contributed by atoms with van der Waals surface area (Å²) in [5, 5.41) is 7.13. The Balaban J connectivity index is 2.45. The van der Waals surface area contributed by atoms with Crippen molar-refractivity contribution < 1.29 is 13.2 Å². The monoisotopic (exact) mass is 230 g/mol. The van der Waals surface area contributed by atoms with Gasteiger partial charge >= 0.3 is 0 Å². The molecule has 0 aromatic carbocycles. The number of aromatic nitrogens is 2. The molecular weight excluding hydrogens is 220 g/mol. The molecule has 1 rings (SSSR count). The van der Waals surface area contributed by atoms with Crippen LogP contribution in [0.25, 0.3) is 0 Å². The normalized spacial score (nSPS) is 11.0. The molecule has 15 heavy (non-hydrogen) atoms. The van der Waals surface area contributed by atoms with Crippen molar-refractivity contribution in [3.63, 3.8) is 0 Å². The summed E-state index contributed by atoms with van der Waals surface area (Å²) >= 11 is 0. The molecule has 0 aliphatic heterocycles. The Morgan fingerprint density at radius 2 is 2.00 bits per heavy atom. The van der Waals surface area contributed by atoms with E-state index in [1.165, 1.54) is 18.7 Å². The van der Waals surface area contributed by atoms with Crippen molar-refractivity contribution in [3.05, 3.63) is 24.3 Å². The lowest BCUT2D eigenvalue weighted by Crippen LogP contribution is -2.31. The van der Waals surface area contributed by atoms with Gasteiger partial charge in [-0.15, -0.1) is 0 Å². The maximum atomic E-state index is 11.3. The average Bonchev–Trinajstić information content (AvgIpc) is 2.17. The molecule has 0 atom stereocenters. The summed E-state index contributed by atoms with van der Waals surface area (Å²) in [5.41, 5.74) is 0.270. The van der Waals surface area contributed by atoms with Crippen LogP contribution in [0, 0.1) is 0 Å². The fraction of sp³-hybridized carbons (Fsp3) is 0.286. The van der Waals surface area contributed by atoms with Crippen molar-refractivity contribution in [2.45, 2.75) is 0 Å². The van der Waals surface area contributed by atoms with Crippen molar-refractivity contribution in [1.29, 1.82) is 0 Å². The van der Waals surface area contributed by atoms with E-state index in [1.54, 1.807) is 0 Å². The fourth-order valence-corrected chi connectivity index (χ4v) is 1.21. The van der Waals surface area contributed by atoms with Crippen LogP contribution in [-0.4, -0.2) is 36.6 Å². The van der Waals surface area contributed by atoms with E-state index in [1.807, 2.05) is 0 Å². The molecular formula is C7H10N4O3S. The zero-order valence-electron chi connectivity index (χ0n) is 7.75. The first-order valence-corrected chi connectivity index (χ1v) is 5.74. The minimum absolute atomic E-state index is 0.0352. The van der Waals surface area contributed by atoms with E-state index in [4.69, 9.17) is 5.14 Å². The lowest BCUT2D eigenvalue weighted by atomic mass is 10.3. The Bertz CT molecular complexity index is 431. The van der Waals surface area contributed by atoms with Crippen molar-refractivity contribution in [3.8, 4) is 0 Å². The van der Waals surface area contributed by atoms with Gasteiger partial charge in [0.05, 0.1) is 11.3 Å². The summed E-state index contributed by atoms with van der Waals surface area (Å²) < 4.78 is 21.1. The van der Waals surface area contributed by atoms with Gasteiger partial charge in [0, 0.05) is 18.9 Å². The molecule has 0 saturated heterocycles. The van der Waals surface area contributed by atoms with Gasteiger partial charge in [0.25, 0.3) is 5.91 Å². The van der Waals surface area contributed by atoms with Crippen LogP contribution in [0.1, 0.15) is 10.4 Å². The molecule has 1 aromatic heterocycles. The van der Waals surface area contributed by atoms with Gasteiger partial charge < -0.3 is 5.32 Å². The van der Waals surface area contributed by atoms with E-state index >= 15 is 0 Å². The topological polar surface area (TPSA) is 115 Å². The molecule has 0 spiro atoms. The van der Waals surface area contributed by atoms with Gasteiger partial charge in [-0.3, -0.25) is 4.79 Å². The molecule has 1 heterocycles. The van der Waals surface area contributed by atoms with E-state index in [0.717, 1.165) is 0 Å². The minimum atomic E-state index is -3.55. The quantitative estimate of drug-likeness (QED) is 0.652. The molecule has 1 aromatic rings. The maximum absolute atomic E-state index is 11.3. The number of nitrogens with one attached hydrogen (secondary N) is 1. The number of hydrogen-bond acceptors (Lipinski definition) is 5. The Hall–Kier alpha value is -1.54. The zero-order chi connectivity index (χ0) is 11.3. The van der Waals surface area contributed by atoms with Crippen LogP contribution in [0.4, 0.5) is 0 Å². The van der Waals surface area contributed by atoms with E-state index in [9.17, 15) is 13.2 Å². The first kappa shape index (κ1) is 11.5. The molecule has 82 valence electrons. The smallest absolute Gasteiger partial charge is 0.254 e. The summed E-state index contributed by atoms with van der Waals surface area (Å²) in [4.78, 5) is 18.6. The molecule has 7 nitrogen and oxygen atoms in total. The highest BCUT2D eigenvalue weighted by Crippen LogP contribution is 1.91. The number of sulfonamides is 1. The van der Waals surface area contributed by atoms with Crippen molar-refractivity contribution in [2.24, 2.45) is 5.14 Å². The standard InChI is InChI=1S/C7H10N4O3S/c8-15(13,14)2-1-11-7(12)6-3-9-5-10-4-6/h3-5H,1-2H2,(H,11,12)(H2,8,13,14). The number of hydrogen-bond donors (Lipinski definition) is 2. The second-order valence-electron chi connectivity index (χ2n) is 2.75. The molecule has 8 heteroatoms. The largest absolute Gasteiger partial charge is 0.351 e. The second kappa shape index (κ2) is 4.80. The SMILES string of the molecule is NS(=O)(=O)CCNC(=O)c1cncnc1. The Morgan fingerprint density at radius 1 is 1.40 bits per heavy atom. The lowest BCUT2D eigenvalue weighted by molar-refractivity contribution is 0.0955. The maximum Gasteiger partial charge on any atom is 0.254 e. The molecule has 0 fully saturated rings. The summed E-state index contributed by atoms with van der Waals surface area (Å²) in [5.74, 6) is -0.730. The summed E-state index contributed by atoms with van der Waals surface area (Å²) in [7, 11) is -3.55. The Kier molecular flexibility index (Phi) is 3.69. The average molecular weight is 230 g/mol. The van der Waals surface area contributed by atoms with Gasteiger partial charge in [0.15, 0.2) is 0 Å². The third kappa shape index (κ3) is 4.47. The van der Waals surface area contributed by atoms with Gasteiger partial charge in [-0.1, -0.05) is 0 Å². The number of primary sulfonamides is 1. The highest BCUT2D eigenvalue weighted by Gasteiger charge is 2.07. The van der Waals surface area contributed by atoms with Gasteiger partial charge in [-0.05, 0) is 0 Å². The minimum Gasteiger partial charge on any atom is -0.351 e. The van der Waals surface area contributed by atoms with Gasteiger partial charge in [0.1, 0.15) is 6.33 Å². The molecule has 0 radical (unpaired) electrons. The van der Waals surface area contributed by atoms with Gasteiger partial charge in [0.2, 0.25) is 10.0 Å². The van der Waals surface area contributed by atoms with Crippen molar-refractivity contribution >= 4 is 15.9 Å². The highest BCUT2D eigenvalue weighted by atomic mass is 32.2. The highest BCUT2D eigenvalue weighted by molar-refractivity contribution is 7.89. The van der Waals surface area contributed by atoms with E-state index in [-0.39, 0.29) is 17.9 Å². The van der Waals surface area contributed by atoms with Gasteiger partial charge in [-0.2, -0.15) is 0 Å². The lowest BCUT2D eigenvalue weighted by Gasteiger charge is -2.02. The Labute approximate surface area is 86.8 Å². The summed E-state index contributed by atoms with van der Waals surface area (Å²) in [6.07, 6.45) is 3.96. The molecule has 0 aliphatic carbocycles. The van der Waals surface area contributed by atoms with Crippen LogP contribution in [-0.2, 0) is 10.0 Å². The molecule has 0 saturated carbocycles. The van der Waals surface area contributed by atoms with E-state index < -0.39 is 15.9 Å². The molecule has 0 unspecified atom stereocenters. The number of nitrogens with two attached hydrogens (primary N) is 1. The van der Waals surface area contributed by atoms with Gasteiger partial charge in [-0.25, -0.2) is 23.5 Å². The van der Waals surface area contributed by atoms with Crippen LogP contribution < -0.4 is 10.5 Å². The third-order valence-corrected chi connectivity index (χ3v) is 2.27. The zero-order valence-corrected chi connectivity index (χ0v) is 8.57. The number of carbonyl (C=O) groups excluding carboxylic acids is 1. The van der Waals surface area contributed by atoms with E-state index in [0.29, 0.717) is 0 Å². The van der Waals surface area contributed by atoms with Crippen molar-refractivity contribution in [1.82, 2.24) is 15.3 Å². The van der Waals surface area contributed by atoms with E-state index in [2.05, 4.69) is 15.3 Å². The predicted molar refractivity (Wildman–Crippen MR) is 52.3 cm³/mol. The second-order valence-corrected chi connectivity index (χ2v) is 4.48. The van der Waals surface area contributed by atoms with Crippen LogP contribution in [0.2, 0.25) is 0 Å². The number of amides is 1. The third-order valence-electron chi connectivity index (χ3n) is 1.49. The number of nitrogens with zero attached hydrogens (tertiary/aromatic N) is 2. The van der Waals surface area contributed by atoms with Crippen LogP contribution in [0.3, 0.4) is 0 Å². The Morgan fingerprint density at radius 3 is 2.53 bits per heavy atom. The first-order valence-electron chi connectivity index (χ1n) is 4.03. The molecule has 0 bridgehead atoms. The predicted octanol–water partition coefficient (Wildman–Crippen LogP) is -1.51. The van der Waals surface area contributed by atoms with Crippen molar-refractivity contribution in [2.75, 3.05) is 12.3 Å². The number of rotatable bonds is 4. The first-order chi connectivity index (χ1) is 6.99. The fourth-order valence-electron chi connectivity index (χ4n) is 0.825. The van der Waals surface area contributed by atoms with Crippen LogP contribution in [0.5, 0.6) is 0 Å². The summed E-state index contributed by atoms with van der Waals surface area (Å²) in [6.45, 7) is -0.0352. The molecule has 0 aliphatic rings.